The van der Waals surface area contributed by atoms with Crippen LogP contribution in [0.5, 0.6) is 5.75 Å². The van der Waals surface area contributed by atoms with Crippen LogP contribution in [0.3, 0.4) is 0 Å². The van der Waals surface area contributed by atoms with E-state index in [1.807, 2.05) is 52.4 Å². The van der Waals surface area contributed by atoms with Gasteiger partial charge >= 0.3 is 0 Å². The Morgan fingerprint density at radius 3 is 2.82 bits per heavy atom. The molecule has 7 heteroatoms. The van der Waals surface area contributed by atoms with E-state index in [4.69, 9.17) is 4.74 Å². The summed E-state index contributed by atoms with van der Waals surface area (Å²) in [5.74, 6) is 0.695. The number of amides is 1. The summed E-state index contributed by atoms with van der Waals surface area (Å²) >= 11 is 5.24. The van der Waals surface area contributed by atoms with Crippen molar-refractivity contribution in [2.45, 2.75) is 13.1 Å². The predicted octanol–water partition coefficient (Wildman–Crippen LogP) is 4.85. The Morgan fingerprint density at radius 1 is 1.25 bits per heavy atom. The number of carbonyl (C=O) groups is 1. The molecule has 0 atom stereocenters. The standard InChI is InChI=1S/C21H18BrN3O2S/c1-27-18-5-3-2-4-15(18)12-25-17(10-19-20(25)16(22)13-28-19)21(26)24-11-14-6-8-23-9-7-14/h2-10,13H,11-12H2,1H3,(H,24,26). The quantitative estimate of drug-likeness (QED) is 0.452. The van der Waals surface area contributed by atoms with Gasteiger partial charge in [-0.05, 0) is 45.8 Å². The van der Waals surface area contributed by atoms with Gasteiger partial charge in [0.15, 0.2) is 0 Å². The number of carbonyl (C=O) groups excluding carboxylic acids is 1. The highest BCUT2D eigenvalue weighted by Crippen LogP contribution is 2.34. The van der Waals surface area contributed by atoms with E-state index < -0.39 is 0 Å². The van der Waals surface area contributed by atoms with Crippen molar-refractivity contribution in [2.24, 2.45) is 0 Å². The molecule has 0 fully saturated rings. The molecule has 0 spiro atoms. The molecule has 0 unspecified atom stereocenters. The van der Waals surface area contributed by atoms with Crippen molar-refractivity contribution in [1.82, 2.24) is 14.9 Å². The van der Waals surface area contributed by atoms with E-state index in [1.165, 1.54) is 0 Å². The zero-order valence-electron chi connectivity index (χ0n) is 15.2. The first-order valence-electron chi connectivity index (χ1n) is 8.72. The smallest absolute Gasteiger partial charge is 0.268 e. The molecule has 5 nitrogen and oxygen atoms in total. The predicted molar refractivity (Wildman–Crippen MR) is 115 cm³/mol. The number of nitrogens with one attached hydrogen (secondary N) is 1. The average molecular weight is 456 g/mol. The van der Waals surface area contributed by atoms with Crippen LogP contribution in [-0.4, -0.2) is 22.6 Å². The molecule has 1 aromatic carbocycles. The minimum atomic E-state index is -0.109. The molecular formula is C21H18BrN3O2S. The highest BCUT2D eigenvalue weighted by Gasteiger charge is 2.19. The number of fused-ring (bicyclic) bond motifs is 1. The largest absolute Gasteiger partial charge is 0.496 e. The van der Waals surface area contributed by atoms with Gasteiger partial charge in [-0.25, -0.2) is 0 Å². The lowest BCUT2D eigenvalue weighted by molar-refractivity contribution is 0.0942. The van der Waals surface area contributed by atoms with Gasteiger partial charge in [-0.1, -0.05) is 18.2 Å². The number of methoxy groups -OCH3 is 1. The first-order valence-corrected chi connectivity index (χ1v) is 10.4. The first kappa shape index (κ1) is 18.7. The summed E-state index contributed by atoms with van der Waals surface area (Å²) in [5, 5.41) is 5.05. The summed E-state index contributed by atoms with van der Waals surface area (Å²) in [5.41, 5.74) is 3.67. The number of ether oxygens (including phenoxy) is 1. The van der Waals surface area contributed by atoms with Crippen molar-refractivity contribution in [3.63, 3.8) is 0 Å². The van der Waals surface area contributed by atoms with Crippen molar-refractivity contribution >= 4 is 43.4 Å². The number of benzene rings is 1. The van der Waals surface area contributed by atoms with Gasteiger partial charge in [-0.3, -0.25) is 9.78 Å². The summed E-state index contributed by atoms with van der Waals surface area (Å²) in [6.45, 7) is 0.997. The van der Waals surface area contributed by atoms with Gasteiger partial charge in [0.05, 0.1) is 28.3 Å². The number of nitrogens with zero attached hydrogens (tertiary/aromatic N) is 2. The Labute approximate surface area is 175 Å². The van der Waals surface area contributed by atoms with E-state index >= 15 is 0 Å². The third-order valence-electron chi connectivity index (χ3n) is 4.53. The molecule has 1 N–H and O–H groups in total. The van der Waals surface area contributed by atoms with Crippen LogP contribution in [0, 0.1) is 0 Å². The van der Waals surface area contributed by atoms with Crippen LogP contribution in [0.1, 0.15) is 21.6 Å². The van der Waals surface area contributed by atoms with E-state index in [0.717, 1.165) is 31.6 Å². The SMILES string of the molecule is COc1ccccc1Cn1c(C(=O)NCc2ccncc2)cc2scc(Br)c21. The summed E-state index contributed by atoms with van der Waals surface area (Å²) < 4.78 is 9.58. The van der Waals surface area contributed by atoms with Crippen LogP contribution in [0.15, 0.2) is 64.7 Å². The average Bonchev–Trinajstić information content (AvgIpc) is 3.27. The Bertz CT molecular complexity index is 1120. The Balaban J connectivity index is 1.68. The third kappa shape index (κ3) is 3.68. The molecular weight excluding hydrogens is 438 g/mol. The molecule has 0 saturated carbocycles. The molecule has 0 bridgehead atoms. The molecule has 4 aromatic rings. The molecule has 28 heavy (non-hydrogen) atoms. The maximum Gasteiger partial charge on any atom is 0.268 e. The van der Waals surface area contributed by atoms with Crippen LogP contribution in [0.2, 0.25) is 0 Å². The lowest BCUT2D eigenvalue weighted by Gasteiger charge is -2.14. The lowest BCUT2D eigenvalue weighted by atomic mass is 10.2. The summed E-state index contributed by atoms with van der Waals surface area (Å²) in [7, 11) is 1.66. The highest BCUT2D eigenvalue weighted by atomic mass is 79.9. The topological polar surface area (TPSA) is 56.1 Å². The molecule has 142 valence electrons. The fourth-order valence-corrected chi connectivity index (χ4v) is 4.85. The zero-order chi connectivity index (χ0) is 19.5. The number of aromatic nitrogens is 2. The number of para-hydroxylation sites is 1. The summed E-state index contributed by atoms with van der Waals surface area (Å²) in [4.78, 5) is 17.0. The second kappa shape index (κ2) is 8.16. The van der Waals surface area contributed by atoms with Crippen LogP contribution in [0.25, 0.3) is 10.2 Å². The van der Waals surface area contributed by atoms with Gasteiger partial charge in [0, 0.05) is 29.9 Å². The Hall–Kier alpha value is -2.64. The number of thiophene rings is 1. The van der Waals surface area contributed by atoms with Crippen LogP contribution >= 0.6 is 27.3 Å². The minimum Gasteiger partial charge on any atom is -0.496 e. The molecule has 4 rings (SSSR count). The van der Waals surface area contributed by atoms with Gasteiger partial charge in [0.2, 0.25) is 0 Å². The van der Waals surface area contributed by atoms with Crippen molar-refractivity contribution in [1.29, 1.82) is 0 Å². The van der Waals surface area contributed by atoms with E-state index in [-0.39, 0.29) is 5.91 Å². The Morgan fingerprint density at radius 2 is 2.04 bits per heavy atom. The zero-order valence-corrected chi connectivity index (χ0v) is 17.6. The van der Waals surface area contributed by atoms with Crippen LogP contribution in [0.4, 0.5) is 0 Å². The van der Waals surface area contributed by atoms with Gasteiger partial charge in [-0.2, -0.15) is 0 Å². The maximum atomic E-state index is 13.0. The number of rotatable bonds is 6. The van der Waals surface area contributed by atoms with E-state index in [1.54, 1.807) is 30.8 Å². The fraction of sp³-hybridized carbons (Fsp3) is 0.143. The van der Waals surface area contributed by atoms with Crippen molar-refractivity contribution in [3.8, 4) is 5.75 Å². The fourth-order valence-electron chi connectivity index (χ4n) is 3.16. The molecule has 1 amide bonds. The maximum absolute atomic E-state index is 13.0. The van der Waals surface area contributed by atoms with E-state index in [0.29, 0.717) is 18.8 Å². The first-order chi connectivity index (χ1) is 13.7. The molecule has 0 radical (unpaired) electrons. The monoisotopic (exact) mass is 455 g/mol. The Kier molecular flexibility index (Phi) is 5.45. The van der Waals surface area contributed by atoms with E-state index in [2.05, 4.69) is 26.2 Å². The minimum absolute atomic E-state index is 0.109. The van der Waals surface area contributed by atoms with Crippen LogP contribution < -0.4 is 10.1 Å². The molecule has 3 aromatic heterocycles. The molecule has 3 heterocycles. The van der Waals surface area contributed by atoms with Gasteiger partial charge in [0.1, 0.15) is 11.4 Å². The number of hydrogen-bond donors (Lipinski definition) is 1. The van der Waals surface area contributed by atoms with Gasteiger partial charge < -0.3 is 14.6 Å². The molecule has 0 saturated heterocycles. The molecule has 0 aliphatic carbocycles. The molecule has 0 aliphatic heterocycles. The van der Waals surface area contributed by atoms with Gasteiger partial charge in [-0.15, -0.1) is 11.3 Å². The van der Waals surface area contributed by atoms with Crippen LogP contribution in [-0.2, 0) is 13.1 Å². The summed E-state index contributed by atoms with van der Waals surface area (Å²) in [6.07, 6.45) is 3.44. The number of halogens is 1. The summed E-state index contributed by atoms with van der Waals surface area (Å²) in [6, 6.07) is 13.6. The second-order valence-corrected chi connectivity index (χ2v) is 8.03. The lowest BCUT2D eigenvalue weighted by Crippen LogP contribution is -2.25. The van der Waals surface area contributed by atoms with E-state index in [9.17, 15) is 4.79 Å². The highest BCUT2D eigenvalue weighted by molar-refractivity contribution is 9.10. The van der Waals surface area contributed by atoms with Crippen molar-refractivity contribution in [3.05, 3.63) is 81.5 Å². The van der Waals surface area contributed by atoms with Crippen molar-refractivity contribution < 1.29 is 9.53 Å². The second-order valence-electron chi connectivity index (χ2n) is 6.26. The normalized spacial score (nSPS) is 10.9. The van der Waals surface area contributed by atoms with Gasteiger partial charge in [0.25, 0.3) is 5.91 Å². The van der Waals surface area contributed by atoms with Crippen molar-refractivity contribution in [2.75, 3.05) is 7.11 Å². The molecule has 0 aliphatic rings. The third-order valence-corrected chi connectivity index (χ3v) is 6.36. The number of pyridine rings is 1. The number of hydrogen-bond acceptors (Lipinski definition) is 4.